The molecule has 0 aliphatic rings. The van der Waals surface area contributed by atoms with E-state index in [4.69, 9.17) is 10.5 Å². The van der Waals surface area contributed by atoms with Crippen LogP contribution in [0.3, 0.4) is 0 Å². The summed E-state index contributed by atoms with van der Waals surface area (Å²) in [6.07, 6.45) is 0. The molecule has 0 bridgehead atoms. The number of primary amides is 1. The molecule has 18 heavy (non-hydrogen) atoms. The van der Waals surface area contributed by atoms with Crippen molar-refractivity contribution in [2.24, 2.45) is 11.7 Å². The number of nitrogens with zero attached hydrogens (tertiary/aromatic N) is 1. The van der Waals surface area contributed by atoms with Crippen LogP contribution < -0.4 is 11.1 Å². The Morgan fingerprint density at radius 2 is 1.89 bits per heavy atom. The molecule has 6 nitrogen and oxygen atoms in total. The second kappa shape index (κ2) is 8.88. The number of ether oxygens (including phenoxy) is 1. The molecule has 0 aromatic carbocycles. The standard InChI is InChI=1S/C12H25N3O3/c1-9(2)5-15(6-11(13)16)7-12(17)14-10(3)8-18-4/h9-10H,5-8H2,1-4H3,(H2,13,16)(H,14,17)/t10-/m0/s1. The first-order chi connectivity index (χ1) is 8.35. The van der Waals surface area contributed by atoms with Gasteiger partial charge >= 0.3 is 0 Å². The van der Waals surface area contributed by atoms with E-state index in [-0.39, 0.29) is 25.0 Å². The number of methoxy groups -OCH3 is 1. The molecule has 0 heterocycles. The molecule has 0 unspecified atom stereocenters. The molecule has 0 rings (SSSR count). The van der Waals surface area contributed by atoms with Crippen molar-refractivity contribution < 1.29 is 14.3 Å². The zero-order chi connectivity index (χ0) is 14.1. The maximum atomic E-state index is 11.7. The number of hydrogen-bond donors (Lipinski definition) is 2. The summed E-state index contributed by atoms with van der Waals surface area (Å²) in [7, 11) is 1.58. The van der Waals surface area contributed by atoms with Gasteiger partial charge in [-0.2, -0.15) is 0 Å². The average molecular weight is 259 g/mol. The summed E-state index contributed by atoms with van der Waals surface area (Å²) < 4.78 is 4.94. The van der Waals surface area contributed by atoms with Crippen molar-refractivity contribution in [2.75, 3.05) is 33.4 Å². The summed E-state index contributed by atoms with van der Waals surface area (Å²) in [5.74, 6) is -0.177. The Hall–Kier alpha value is -1.14. The van der Waals surface area contributed by atoms with Crippen LogP contribution in [0.2, 0.25) is 0 Å². The van der Waals surface area contributed by atoms with Crippen LogP contribution in [0.25, 0.3) is 0 Å². The molecule has 3 N–H and O–H groups in total. The highest BCUT2D eigenvalue weighted by Gasteiger charge is 2.15. The van der Waals surface area contributed by atoms with Gasteiger partial charge in [0.2, 0.25) is 11.8 Å². The molecule has 0 radical (unpaired) electrons. The third-order valence-corrected chi connectivity index (χ3v) is 2.19. The second-order valence-electron chi connectivity index (χ2n) is 4.95. The summed E-state index contributed by atoms with van der Waals surface area (Å²) in [5, 5.41) is 2.80. The van der Waals surface area contributed by atoms with Gasteiger partial charge in [0.25, 0.3) is 0 Å². The molecule has 0 aromatic heterocycles. The first kappa shape index (κ1) is 16.9. The maximum absolute atomic E-state index is 11.7. The Balaban J connectivity index is 4.20. The molecule has 106 valence electrons. The normalized spacial score (nSPS) is 12.8. The van der Waals surface area contributed by atoms with Gasteiger partial charge in [0, 0.05) is 19.7 Å². The fraction of sp³-hybridized carbons (Fsp3) is 0.833. The molecule has 0 fully saturated rings. The van der Waals surface area contributed by atoms with E-state index in [1.165, 1.54) is 0 Å². The Morgan fingerprint density at radius 1 is 1.28 bits per heavy atom. The largest absolute Gasteiger partial charge is 0.383 e. The van der Waals surface area contributed by atoms with E-state index in [2.05, 4.69) is 5.32 Å². The van der Waals surface area contributed by atoms with Gasteiger partial charge in [-0.15, -0.1) is 0 Å². The zero-order valence-corrected chi connectivity index (χ0v) is 11.7. The number of carbonyl (C=O) groups excluding carboxylic acids is 2. The highest BCUT2D eigenvalue weighted by atomic mass is 16.5. The fourth-order valence-electron chi connectivity index (χ4n) is 1.74. The minimum absolute atomic E-state index is 0.0445. The molecule has 0 aliphatic carbocycles. The van der Waals surface area contributed by atoms with Crippen LogP contribution in [0, 0.1) is 5.92 Å². The van der Waals surface area contributed by atoms with Gasteiger partial charge in [-0.05, 0) is 12.8 Å². The van der Waals surface area contributed by atoms with Gasteiger partial charge in [-0.25, -0.2) is 0 Å². The highest BCUT2D eigenvalue weighted by molar-refractivity contribution is 5.80. The Bertz CT molecular complexity index is 269. The minimum atomic E-state index is -0.423. The Kier molecular flexibility index (Phi) is 8.32. The topological polar surface area (TPSA) is 84.7 Å². The molecule has 0 saturated carbocycles. The number of nitrogens with one attached hydrogen (secondary N) is 1. The molecule has 0 spiro atoms. The quantitative estimate of drug-likeness (QED) is 0.589. The van der Waals surface area contributed by atoms with E-state index in [0.717, 1.165) is 0 Å². The fourth-order valence-corrected chi connectivity index (χ4v) is 1.74. The molecule has 1 atom stereocenters. The summed E-state index contributed by atoms with van der Waals surface area (Å²) in [4.78, 5) is 24.4. The number of carbonyl (C=O) groups is 2. The summed E-state index contributed by atoms with van der Waals surface area (Å²) in [5.41, 5.74) is 5.16. The van der Waals surface area contributed by atoms with Crippen molar-refractivity contribution in [1.29, 1.82) is 0 Å². The van der Waals surface area contributed by atoms with Crippen LogP contribution in [0.15, 0.2) is 0 Å². The number of hydrogen-bond acceptors (Lipinski definition) is 4. The smallest absolute Gasteiger partial charge is 0.234 e. The molecule has 0 saturated heterocycles. The molecular weight excluding hydrogens is 234 g/mol. The lowest BCUT2D eigenvalue weighted by molar-refractivity contribution is -0.124. The Morgan fingerprint density at radius 3 is 2.33 bits per heavy atom. The minimum Gasteiger partial charge on any atom is -0.383 e. The first-order valence-electron chi connectivity index (χ1n) is 6.14. The van der Waals surface area contributed by atoms with Gasteiger partial charge in [-0.1, -0.05) is 13.8 Å². The number of nitrogens with two attached hydrogens (primary N) is 1. The summed E-state index contributed by atoms with van der Waals surface area (Å²) in [6.45, 7) is 7.32. The van der Waals surface area contributed by atoms with Gasteiger partial charge in [-0.3, -0.25) is 14.5 Å². The van der Waals surface area contributed by atoms with E-state index < -0.39 is 5.91 Å². The third kappa shape index (κ3) is 8.95. The molecule has 6 heteroatoms. The predicted molar refractivity (Wildman–Crippen MR) is 70.0 cm³/mol. The average Bonchev–Trinajstić information content (AvgIpc) is 2.14. The van der Waals surface area contributed by atoms with E-state index in [9.17, 15) is 9.59 Å². The van der Waals surface area contributed by atoms with Crippen molar-refractivity contribution in [3.05, 3.63) is 0 Å². The molecule has 0 aliphatic heterocycles. The van der Waals surface area contributed by atoms with Crippen molar-refractivity contribution in [1.82, 2.24) is 10.2 Å². The zero-order valence-electron chi connectivity index (χ0n) is 11.7. The van der Waals surface area contributed by atoms with Crippen LogP contribution in [0.4, 0.5) is 0 Å². The number of rotatable bonds is 9. The maximum Gasteiger partial charge on any atom is 0.234 e. The van der Waals surface area contributed by atoms with Crippen molar-refractivity contribution in [3.8, 4) is 0 Å². The van der Waals surface area contributed by atoms with Crippen molar-refractivity contribution in [3.63, 3.8) is 0 Å². The SMILES string of the molecule is COC[C@H](C)NC(=O)CN(CC(N)=O)CC(C)C. The van der Waals surface area contributed by atoms with Crippen LogP contribution in [-0.4, -0.2) is 56.1 Å². The second-order valence-corrected chi connectivity index (χ2v) is 4.95. The molecule has 2 amide bonds. The summed E-state index contributed by atoms with van der Waals surface area (Å²) >= 11 is 0. The van der Waals surface area contributed by atoms with Crippen molar-refractivity contribution >= 4 is 11.8 Å². The lowest BCUT2D eigenvalue weighted by atomic mass is 10.2. The van der Waals surface area contributed by atoms with Crippen LogP contribution in [-0.2, 0) is 14.3 Å². The van der Waals surface area contributed by atoms with Gasteiger partial charge in [0.15, 0.2) is 0 Å². The van der Waals surface area contributed by atoms with E-state index in [1.54, 1.807) is 12.0 Å². The van der Waals surface area contributed by atoms with Gasteiger partial charge in [0.05, 0.1) is 19.7 Å². The van der Waals surface area contributed by atoms with Crippen LogP contribution in [0.1, 0.15) is 20.8 Å². The molecular formula is C12H25N3O3. The summed E-state index contributed by atoms with van der Waals surface area (Å²) in [6, 6.07) is -0.0445. The first-order valence-corrected chi connectivity index (χ1v) is 6.14. The highest BCUT2D eigenvalue weighted by Crippen LogP contribution is 1.98. The molecule has 0 aromatic rings. The number of amides is 2. The lowest BCUT2D eigenvalue weighted by Gasteiger charge is -2.23. The van der Waals surface area contributed by atoms with Gasteiger partial charge in [0.1, 0.15) is 0 Å². The Labute approximate surface area is 109 Å². The lowest BCUT2D eigenvalue weighted by Crippen LogP contribution is -2.45. The van der Waals surface area contributed by atoms with Gasteiger partial charge < -0.3 is 15.8 Å². The monoisotopic (exact) mass is 259 g/mol. The van der Waals surface area contributed by atoms with E-state index in [1.807, 2.05) is 20.8 Å². The predicted octanol–water partition coefficient (Wildman–Crippen LogP) is -0.419. The third-order valence-electron chi connectivity index (χ3n) is 2.19. The van der Waals surface area contributed by atoms with E-state index in [0.29, 0.717) is 19.1 Å². The van der Waals surface area contributed by atoms with Crippen LogP contribution in [0.5, 0.6) is 0 Å². The van der Waals surface area contributed by atoms with E-state index >= 15 is 0 Å². The van der Waals surface area contributed by atoms with Crippen LogP contribution >= 0.6 is 0 Å². The van der Waals surface area contributed by atoms with Crippen molar-refractivity contribution in [2.45, 2.75) is 26.8 Å².